The fourth-order valence-corrected chi connectivity index (χ4v) is 1.67. The highest BCUT2D eigenvalue weighted by atomic mass is 19.4. The second kappa shape index (κ2) is 4.44. The van der Waals surface area contributed by atoms with Gasteiger partial charge in [-0.25, -0.2) is 4.68 Å². The number of alkyl halides is 3. The Balaban J connectivity index is 1.90. The van der Waals surface area contributed by atoms with Crippen LogP contribution in [0, 0.1) is 0 Å². The van der Waals surface area contributed by atoms with Gasteiger partial charge in [0, 0.05) is 6.20 Å². The summed E-state index contributed by atoms with van der Waals surface area (Å²) in [5.74, 6) is 0.364. The molecule has 0 radical (unpaired) electrons. The van der Waals surface area contributed by atoms with Crippen molar-refractivity contribution in [3.63, 3.8) is 0 Å². The molecule has 0 atom stereocenters. The number of benzene rings is 1. The maximum Gasteiger partial charge on any atom is 0.416 e. The van der Waals surface area contributed by atoms with Gasteiger partial charge in [-0.3, -0.25) is 0 Å². The molecule has 3 aromatic rings. The maximum absolute atomic E-state index is 12.5. The summed E-state index contributed by atoms with van der Waals surface area (Å²) in [5.41, 5.74) is 0.415. The number of nitrogens with zero attached hydrogens (tertiary/aromatic N) is 5. The Morgan fingerprint density at radius 1 is 1.10 bits per heavy atom. The smallest absolute Gasteiger partial charge is 0.240 e. The molecule has 0 aliphatic rings. The van der Waals surface area contributed by atoms with E-state index < -0.39 is 11.7 Å². The van der Waals surface area contributed by atoms with Gasteiger partial charge < -0.3 is 0 Å². The average Bonchev–Trinajstić information content (AvgIpc) is 3.09. The lowest BCUT2D eigenvalue weighted by Crippen LogP contribution is -2.05. The van der Waals surface area contributed by atoms with Crippen LogP contribution in [0.2, 0.25) is 0 Å². The van der Waals surface area contributed by atoms with Gasteiger partial charge in [-0.15, -0.1) is 10.2 Å². The van der Waals surface area contributed by atoms with Crippen LogP contribution >= 0.6 is 0 Å². The lowest BCUT2D eigenvalue weighted by Gasteiger charge is -2.07. The summed E-state index contributed by atoms with van der Waals surface area (Å²) < 4.78 is 38.8. The molecule has 0 bridgehead atoms. The molecule has 0 unspecified atom stereocenters. The van der Waals surface area contributed by atoms with Crippen LogP contribution in [-0.4, -0.2) is 30.4 Å². The number of aromatic nitrogens is 6. The summed E-state index contributed by atoms with van der Waals surface area (Å²) >= 11 is 0. The lowest BCUT2D eigenvalue weighted by molar-refractivity contribution is -0.137. The molecule has 20 heavy (non-hydrogen) atoms. The summed E-state index contributed by atoms with van der Waals surface area (Å²) in [6.45, 7) is 0. The van der Waals surface area contributed by atoms with E-state index in [4.69, 9.17) is 0 Å². The number of H-pyrrole nitrogens is 1. The standard InChI is InChI=1S/C11H7F3N6/c12-11(13,14)8-1-3-9(4-2-8)20-6-7(5-15-20)10-16-18-19-17-10/h1-6H,(H,16,17,18,19). The third-order valence-corrected chi connectivity index (χ3v) is 2.65. The van der Waals surface area contributed by atoms with Gasteiger partial charge in [0.2, 0.25) is 5.82 Å². The number of tetrazole rings is 1. The van der Waals surface area contributed by atoms with Crippen molar-refractivity contribution in [2.45, 2.75) is 6.18 Å². The number of nitrogens with one attached hydrogen (secondary N) is 1. The second-order valence-corrected chi connectivity index (χ2v) is 3.95. The van der Waals surface area contributed by atoms with Crippen molar-refractivity contribution < 1.29 is 13.2 Å². The zero-order valence-electron chi connectivity index (χ0n) is 9.83. The number of halogens is 3. The maximum atomic E-state index is 12.5. The number of rotatable bonds is 2. The van der Waals surface area contributed by atoms with Gasteiger partial charge in [0.1, 0.15) is 0 Å². The minimum absolute atomic E-state index is 0.364. The number of aromatic amines is 1. The second-order valence-electron chi connectivity index (χ2n) is 3.95. The van der Waals surface area contributed by atoms with E-state index in [1.54, 1.807) is 6.20 Å². The van der Waals surface area contributed by atoms with E-state index in [-0.39, 0.29) is 0 Å². The van der Waals surface area contributed by atoms with Crippen molar-refractivity contribution in [2.24, 2.45) is 0 Å². The van der Waals surface area contributed by atoms with Crippen LogP contribution in [-0.2, 0) is 6.18 Å². The van der Waals surface area contributed by atoms with E-state index in [2.05, 4.69) is 25.7 Å². The summed E-state index contributed by atoms with van der Waals surface area (Å²) in [6, 6.07) is 4.70. The van der Waals surface area contributed by atoms with Gasteiger partial charge >= 0.3 is 6.18 Å². The molecule has 6 nitrogen and oxygen atoms in total. The predicted molar refractivity (Wildman–Crippen MR) is 61.7 cm³/mol. The summed E-state index contributed by atoms with van der Waals surface area (Å²) in [4.78, 5) is 0. The highest BCUT2D eigenvalue weighted by Crippen LogP contribution is 2.29. The van der Waals surface area contributed by atoms with E-state index in [0.29, 0.717) is 17.1 Å². The molecule has 0 saturated heterocycles. The molecule has 1 aromatic carbocycles. The van der Waals surface area contributed by atoms with Crippen molar-refractivity contribution in [3.8, 4) is 17.1 Å². The van der Waals surface area contributed by atoms with E-state index in [9.17, 15) is 13.2 Å². The van der Waals surface area contributed by atoms with Gasteiger partial charge in [-0.2, -0.15) is 23.5 Å². The predicted octanol–water partition coefficient (Wildman–Crippen LogP) is 2.07. The monoisotopic (exact) mass is 280 g/mol. The Morgan fingerprint density at radius 2 is 1.85 bits per heavy atom. The van der Waals surface area contributed by atoms with Crippen LogP contribution in [0.25, 0.3) is 17.1 Å². The van der Waals surface area contributed by atoms with E-state index in [1.165, 1.54) is 23.0 Å². The first-order chi connectivity index (χ1) is 9.54. The lowest BCUT2D eigenvalue weighted by atomic mass is 10.2. The molecule has 3 rings (SSSR count). The minimum Gasteiger partial charge on any atom is -0.240 e. The summed E-state index contributed by atoms with van der Waals surface area (Å²) in [6.07, 6.45) is -1.24. The molecule has 102 valence electrons. The fourth-order valence-electron chi connectivity index (χ4n) is 1.67. The first-order valence-electron chi connectivity index (χ1n) is 5.50. The van der Waals surface area contributed by atoms with Crippen LogP contribution in [0.5, 0.6) is 0 Å². The van der Waals surface area contributed by atoms with Crippen LogP contribution < -0.4 is 0 Å². The third-order valence-electron chi connectivity index (χ3n) is 2.65. The van der Waals surface area contributed by atoms with E-state index in [1.807, 2.05) is 0 Å². The number of hydrogen-bond donors (Lipinski definition) is 1. The molecule has 0 aliphatic heterocycles. The van der Waals surface area contributed by atoms with Crippen LogP contribution in [0.15, 0.2) is 36.7 Å². The first kappa shape index (κ1) is 12.3. The summed E-state index contributed by atoms with van der Waals surface area (Å²) in [5, 5.41) is 17.4. The van der Waals surface area contributed by atoms with Gasteiger partial charge in [0.05, 0.1) is 23.0 Å². The van der Waals surface area contributed by atoms with Crippen molar-refractivity contribution in [1.82, 2.24) is 30.4 Å². The zero-order chi connectivity index (χ0) is 14.2. The Hall–Kier alpha value is -2.71. The molecular weight excluding hydrogens is 273 g/mol. The highest BCUT2D eigenvalue weighted by Gasteiger charge is 2.30. The van der Waals surface area contributed by atoms with Gasteiger partial charge in [0.15, 0.2) is 0 Å². The van der Waals surface area contributed by atoms with Crippen LogP contribution in [0.3, 0.4) is 0 Å². The largest absolute Gasteiger partial charge is 0.416 e. The summed E-state index contributed by atoms with van der Waals surface area (Å²) in [7, 11) is 0. The average molecular weight is 280 g/mol. The zero-order valence-corrected chi connectivity index (χ0v) is 9.83. The normalized spacial score (nSPS) is 11.8. The van der Waals surface area contributed by atoms with Gasteiger partial charge in [-0.1, -0.05) is 0 Å². The topological polar surface area (TPSA) is 72.3 Å². The van der Waals surface area contributed by atoms with Crippen LogP contribution in [0.4, 0.5) is 13.2 Å². The van der Waals surface area contributed by atoms with Crippen molar-refractivity contribution in [3.05, 3.63) is 42.2 Å². The first-order valence-corrected chi connectivity index (χ1v) is 5.50. The molecule has 0 saturated carbocycles. The van der Waals surface area contributed by atoms with Crippen molar-refractivity contribution in [1.29, 1.82) is 0 Å². The van der Waals surface area contributed by atoms with Crippen molar-refractivity contribution >= 4 is 0 Å². The molecule has 1 N–H and O–H groups in total. The minimum atomic E-state index is -4.35. The Morgan fingerprint density at radius 3 is 2.45 bits per heavy atom. The molecule has 0 amide bonds. The van der Waals surface area contributed by atoms with Gasteiger partial charge in [-0.05, 0) is 29.5 Å². The third kappa shape index (κ3) is 2.25. The van der Waals surface area contributed by atoms with E-state index in [0.717, 1.165) is 12.1 Å². The molecule has 0 spiro atoms. The quantitative estimate of drug-likeness (QED) is 0.780. The molecule has 2 heterocycles. The van der Waals surface area contributed by atoms with Crippen LogP contribution in [0.1, 0.15) is 5.56 Å². The Labute approximate surface area is 110 Å². The van der Waals surface area contributed by atoms with E-state index >= 15 is 0 Å². The SMILES string of the molecule is FC(F)(F)c1ccc(-n2cc(-c3nn[nH]n3)cn2)cc1. The highest BCUT2D eigenvalue weighted by molar-refractivity contribution is 5.52. The Kier molecular flexibility index (Phi) is 2.74. The molecular formula is C11H7F3N6. The number of hydrogen-bond acceptors (Lipinski definition) is 4. The van der Waals surface area contributed by atoms with Gasteiger partial charge in [0.25, 0.3) is 0 Å². The molecule has 0 aliphatic carbocycles. The Bertz CT molecular complexity index is 699. The molecule has 9 heteroatoms. The molecule has 0 fully saturated rings. The fraction of sp³-hybridized carbons (Fsp3) is 0.0909. The van der Waals surface area contributed by atoms with Crippen molar-refractivity contribution in [2.75, 3.05) is 0 Å². The molecule has 2 aromatic heterocycles.